The lowest BCUT2D eigenvalue weighted by Gasteiger charge is -2.07. The van der Waals surface area contributed by atoms with Gasteiger partial charge in [0.1, 0.15) is 17.3 Å². The van der Waals surface area contributed by atoms with Gasteiger partial charge in [0.25, 0.3) is 0 Å². The van der Waals surface area contributed by atoms with Crippen LogP contribution in [0.5, 0.6) is 0 Å². The molecule has 0 aliphatic carbocycles. The van der Waals surface area contributed by atoms with E-state index in [1.165, 1.54) is 12.1 Å². The summed E-state index contributed by atoms with van der Waals surface area (Å²) in [6, 6.07) is 8.09. The van der Waals surface area contributed by atoms with Crippen molar-refractivity contribution in [3.8, 4) is 11.5 Å². The van der Waals surface area contributed by atoms with Crippen LogP contribution in [-0.4, -0.2) is 10.2 Å². The molecule has 108 valence electrons. The van der Waals surface area contributed by atoms with E-state index in [1.54, 1.807) is 12.3 Å². The highest BCUT2D eigenvalue weighted by atomic mass is 35.5. The fourth-order valence-electron chi connectivity index (χ4n) is 2.08. The highest BCUT2D eigenvalue weighted by molar-refractivity contribution is 6.30. The molecule has 0 saturated heterocycles. The van der Waals surface area contributed by atoms with Gasteiger partial charge in [-0.3, -0.25) is 5.10 Å². The zero-order chi connectivity index (χ0) is 14.8. The number of furan rings is 1. The average Bonchev–Trinajstić information content (AvgIpc) is 3.03. The SMILES string of the molecule is Cc1ccc(-c2[nH]ncc2CNc2cc(F)cc(Cl)c2)o1. The fraction of sp³-hybridized carbons (Fsp3) is 0.133. The van der Waals surface area contributed by atoms with Gasteiger partial charge in [-0.1, -0.05) is 11.6 Å². The summed E-state index contributed by atoms with van der Waals surface area (Å²) < 4.78 is 18.9. The van der Waals surface area contributed by atoms with E-state index < -0.39 is 0 Å². The molecule has 1 aromatic carbocycles. The Bertz CT molecular complexity index is 746. The van der Waals surface area contributed by atoms with Crippen molar-refractivity contribution in [2.75, 3.05) is 5.32 Å². The molecule has 3 rings (SSSR count). The fourth-order valence-corrected chi connectivity index (χ4v) is 2.30. The summed E-state index contributed by atoms with van der Waals surface area (Å²) in [5, 5.41) is 10.4. The summed E-state index contributed by atoms with van der Waals surface area (Å²) >= 11 is 5.83. The van der Waals surface area contributed by atoms with Crippen LogP contribution in [0.2, 0.25) is 5.02 Å². The van der Waals surface area contributed by atoms with Crippen molar-refractivity contribution in [2.45, 2.75) is 13.5 Å². The molecule has 0 radical (unpaired) electrons. The van der Waals surface area contributed by atoms with Gasteiger partial charge in [-0.05, 0) is 37.3 Å². The molecule has 0 atom stereocenters. The second-order valence-electron chi connectivity index (χ2n) is 4.69. The van der Waals surface area contributed by atoms with Crippen LogP contribution in [0.4, 0.5) is 10.1 Å². The van der Waals surface area contributed by atoms with Crippen LogP contribution in [0, 0.1) is 12.7 Å². The van der Waals surface area contributed by atoms with Gasteiger partial charge in [-0.15, -0.1) is 0 Å². The van der Waals surface area contributed by atoms with Crippen LogP contribution >= 0.6 is 11.6 Å². The van der Waals surface area contributed by atoms with E-state index in [-0.39, 0.29) is 5.82 Å². The topological polar surface area (TPSA) is 53.9 Å². The number of nitrogens with one attached hydrogen (secondary N) is 2. The molecule has 2 aromatic heterocycles. The summed E-state index contributed by atoms with van der Waals surface area (Å²) in [5.41, 5.74) is 2.34. The van der Waals surface area contributed by atoms with Crippen molar-refractivity contribution in [3.63, 3.8) is 0 Å². The van der Waals surface area contributed by atoms with E-state index >= 15 is 0 Å². The Hall–Kier alpha value is -2.27. The number of rotatable bonds is 4. The van der Waals surface area contributed by atoms with Crippen LogP contribution in [0.15, 0.2) is 40.9 Å². The van der Waals surface area contributed by atoms with Gasteiger partial charge in [0, 0.05) is 22.8 Å². The number of anilines is 1. The van der Waals surface area contributed by atoms with Gasteiger partial charge >= 0.3 is 0 Å². The monoisotopic (exact) mass is 305 g/mol. The summed E-state index contributed by atoms with van der Waals surface area (Å²) in [4.78, 5) is 0. The van der Waals surface area contributed by atoms with E-state index in [0.29, 0.717) is 17.3 Å². The van der Waals surface area contributed by atoms with Gasteiger partial charge in [-0.2, -0.15) is 5.10 Å². The minimum Gasteiger partial charge on any atom is -0.460 e. The quantitative estimate of drug-likeness (QED) is 0.752. The number of aromatic nitrogens is 2. The zero-order valence-corrected chi connectivity index (χ0v) is 12.0. The van der Waals surface area contributed by atoms with E-state index in [2.05, 4.69) is 15.5 Å². The van der Waals surface area contributed by atoms with Crippen LogP contribution < -0.4 is 5.32 Å². The van der Waals surface area contributed by atoms with Crippen LogP contribution in [0.3, 0.4) is 0 Å². The maximum atomic E-state index is 13.3. The molecular weight excluding hydrogens is 293 g/mol. The molecular formula is C15H13ClFN3O. The van der Waals surface area contributed by atoms with Gasteiger partial charge in [0.2, 0.25) is 0 Å². The van der Waals surface area contributed by atoms with E-state index in [4.69, 9.17) is 16.0 Å². The molecule has 0 bridgehead atoms. The Kier molecular flexibility index (Phi) is 3.66. The summed E-state index contributed by atoms with van der Waals surface area (Å²) in [6.07, 6.45) is 1.71. The third kappa shape index (κ3) is 3.08. The first-order valence-corrected chi connectivity index (χ1v) is 6.78. The first kappa shape index (κ1) is 13.7. The third-order valence-corrected chi connectivity index (χ3v) is 3.27. The number of aromatic amines is 1. The largest absolute Gasteiger partial charge is 0.460 e. The molecule has 0 amide bonds. The summed E-state index contributed by atoms with van der Waals surface area (Å²) in [5.74, 6) is 1.17. The van der Waals surface area contributed by atoms with E-state index in [9.17, 15) is 4.39 Å². The maximum absolute atomic E-state index is 13.3. The van der Waals surface area contributed by atoms with Crippen LogP contribution in [-0.2, 0) is 6.54 Å². The number of hydrogen-bond donors (Lipinski definition) is 2. The highest BCUT2D eigenvalue weighted by Crippen LogP contribution is 2.25. The number of nitrogens with zero attached hydrogens (tertiary/aromatic N) is 1. The number of hydrogen-bond acceptors (Lipinski definition) is 3. The van der Waals surface area contributed by atoms with Crippen molar-refractivity contribution in [3.05, 3.63) is 58.7 Å². The lowest BCUT2D eigenvalue weighted by atomic mass is 10.2. The third-order valence-electron chi connectivity index (χ3n) is 3.05. The first-order chi connectivity index (χ1) is 10.1. The second-order valence-corrected chi connectivity index (χ2v) is 5.13. The number of aryl methyl sites for hydroxylation is 1. The molecule has 0 fully saturated rings. The highest BCUT2D eigenvalue weighted by Gasteiger charge is 2.11. The molecule has 6 heteroatoms. The Morgan fingerprint density at radius 3 is 2.90 bits per heavy atom. The van der Waals surface area contributed by atoms with Crippen LogP contribution in [0.1, 0.15) is 11.3 Å². The molecule has 0 unspecified atom stereocenters. The Balaban J connectivity index is 1.78. The first-order valence-electron chi connectivity index (χ1n) is 6.41. The molecule has 2 heterocycles. The zero-order valence-electron chi connectivity index (χ0n) is 11.3. The predicted octanol–water partition coefficient (Wildman–Crippen LogP) is 4.38. The normalized spacial score (nSPS) is 10.8. The molecule has 21 heavy (non-hydrogen) atoms. The van der Waals surface area contributed by atoms with Gasteiger partial charge < -0.3 is 9.73 Å². The second kappa shape index (κ2) is 5.61. The van der Waals surface area contributed by atoms with Crippen LogP contribution in [0.25, 0.3) is 11.5 Å². The predicted molar refractivity (Wildman–Crippen MR) is 79.8 cm³/mol. The maximum Gasteiger partial charge on any atom is 0.152 e. The van der Waals surface area contributed by atoms with E-state index in [1.807, 2.05) is 19.1 Å². The number of H-pyrrole nitrogens is 1. The molecule has 0 aliphatic heterocycles. The van der Waals surface area contributed by atoms with Gasteiger partial charge in [0.05, 0.1) is 6.20 Å². The lowest BCUT2D eigenvalue weighted by Crippen LogP contribution is -2.00. The number of benzene rings is 1. The Morgan fingerprint density at radius 1 is 1.33 bits per heavy atom. The minimum atomic E-state index is -0.376. The van der Waals surface area contributed by atoms with Crippen molar-refractivity contribution in [2.24, 2.45) is 0 Å². The minimum absolute atomic E-state index is 0.353. The van der Waals surface area contributed by atoms with Crippen molar-refractivity contribution < 1.29 is 8.81 Å². The van der Waals surface area contributed by atoms with Crippen molar-refractivity contribution in [1.82, 2.24) is 10.2 Å². The van der Waals surface area contributed by atoms with Crippen molar-refractivity contribution in [1.29, 1.82) is 0 Å². The van der Waals surface area contributed by atoms with E-state index in [0.717, 1.165) is 22.8 Å². The molecule has 3 aromatic rings. The molecule has 0 spiro atoms. The van der Waals surface area contributed by atoms with Gasteiger partial charge in [-0.25, -0.2) is 4.39 Å². The smallest absolute Gasteiger partial charge is 0.152 e. The molecule has 0 aliphatic rings. The number of halogens is 2. The molecule has 2 N–H and O–H groups in total. The van der Waals surface area contributed by atoms with Gasteiger partial charge in [0.15, 0.2) is 5.76 Å². The lowest BCUT2D eigenvalue weighted by molar-refractivity contribution is 0.545. The summed E-state index contributed by atoms with van der Waals surface area (Å²) in [6.45, 7) is 2.36. The molecule has 4 nitrogen and oxygen atoms in total. The summed E-state index contributed by atoms with van der Waals surface area (Å²) in [7, 11) is 0. The Labute approximate surface area is 125 Å². The Morgan fingerprint density at radius 2 is 2.19 bits per heavy atom. The standard InChI is InChI=1S/C15H13ClFN3O/c1-9-2-3-14(21-9)15-10(8-19-20-15)7-18-13-5-11(16)4-12(17)6-13/h2-6,8,18H,7H2,1H3,(H,19,20). The average molecular weight is 306 g/mol. The molecule has 0 saturated carbocycles. The van der Waals surface area contributed by atoms with Crippen molar-refractivity contribution >= 4 is 17.3 Å².